The van der Waals surface area contributed by atoms with Crippen LogP contribution >= 0.6 is 0 Å². The van der Waals surface area contributed by atoms with Crippen molar-refractivity contribution in [2.75, 3.05) is 31.1 Å². The first-order valence-electron chi connectivity index (χ1n) is 8.64. The van der Waals surface area contributed by atoms with E-state index in [1.807, 2.05) is 35.2 Å². The number of carbonyl (C=O) groups excluding carboxylic acids is 2. The van der Waals surface area contributed by atoms with Crippen LogP contribution in [0.15, 0.2) is 48.7 Å². The van der Waals surface area contributed by atoms with E-state index < -0.39 is 11.9 Å². The highest BCUT2D eigenvalue weighted by atomic mass is 16.2. The van der Waals surface area contributed by atoms with Crippen LogP contribution in [-0.4, -0.2) is 53.9 Å². The van der Waals surface area contributed by atoms with Gasteiger partial charge < -0.3 is 21.3 Å². The van der Waals surface area contributed by atoms with Crippen LogP contribution in [0.25, 0.3) is 0 Å². The topological polar surface area (TPSA) is 106 Å². The molecule has 0 spiro atoms. The van der Waals surface area contributed by atoms with Gasteiger partial charge in [-0.25, -0.2) is 4.98 Å². The van der Waals surface area contributed by atoms with Gasteiger partial charge in [0.2, 0.25) is 5.91 Å². The molecular formula is C19H23N5O2. The van der Waals surface area contributed by atoms with Gasteiger partial charge in [-0.05, 0) is 24.1 Å². The quantitative estimate of drug-likeness (QED) is 0.809. The molecular weight excluding hydrogens is 330 g/mol. The monoisotopic (exact) mass is 353 g/mol. The van der Waals surface area contributed by atoms with Gasteiger partial charge in [-0.1, -0.05) is 30.3 Å². The number of rotatable bonds is 5. The molecule has 1 aliphatic heterocycles. The Kier molecular flexibility index (Phi) is 5.48. The van der Waals surface area contributed by atoms with E-state index in [9.17, 15) is 9.59 Å². The fraction of sp³-hybridized carbons (Fsp3) is 0.316. The summed E-state index contributed by atoms with van der Waals surface area (Å²) in [5, 5.41) is 0. The number of pyridine rings is 1. The number of piperazine rings is 1. The number of anilines is 1. The number of primary amides is 1. The van der Waals surface area contributed by atoms with Crippen LogP contribution in [0.1, 0.15) is 15.9 Å². The van der Waals surface area contributed by atoms with Crippen LogP contribution in [0.2, 0.25) is 0 Å². The van der Waals surface area contributed by atoms with Crippen LogP contribution in [0, 0.1) is 0 Å². The Labute approximate surface area is 152 Å². The molecule has 1 aromatic carbocycles. The van der Waals surface area contributed by atoms with Gasteiger partial charge in [0.05, 0.1) is 11.6 Å². The number of amides is 2. The second kappa shape index (κ2) is 7.97. The van der Waals surface area contributed by atoms with E-state index in [2.05, 4.69) is 4.98 Å². The first-order chi connectivity index (χ1) is 12.6. The molecule has 1 aliphatic rings. The highest BCUT2D eigenvalue weighted by molar-refractivity contribution is 5.97. The standard InChI is InChI=1S/C19H23N5O2/c20-16(13-14-5-2-1-3-6-14)19(26)24-11-9-23(10-12-24)18-15(17(21)25)7-4-8-22-18/h1-8,16H,9-13,20H2,(H2,21,25). The van der Waals surface area contributed by atoms with Gasteiger partial charge in [0.15, 0.2) is 0 Å². The van der Waals surface area contributed by atoms with Crippen molar-refractivity contribution in [2.45, 2.75) is 12.5 Å². The number of carbonyl (C=O) groups is 2. The molecule has 3 rings (SSSR count). The Morgan fingerprint density at radius 3 is 2.38 bits per heavy atom. The van der Waals surface area contributed by atoms with Crippen molar-refractivity contribution < 1.29 is 9.59 Å². The van der Waals surface area contributed by atoms with E-state index in [0.29, 0.717) is 44.0 Å². The predicted molar refractivity (Wildman–Crippen MR) is 99.7 cm³/mol. The van der Waals surface area contributed by atoms with Crippen LogP contribution in [0.3, 0.4) is 0 Å². The van der Waals surface area contributed by atoms with E-state index in [0.717, 1.165) is 5.56 Å². The second-order valence-corrected chi connectivity index (χ2v) is 6.35. The third kappa shape index (κ3) is 4.00. The number of aromatic nitrogens is 1. The van der Waals surface area contributed by atoms with Crippen molar-refractivity contribution in [2.24, 2.45) is 11.5 Å². The second-order valence-electron chi connectivity index (χ2n) is 6.35. The average Bonchev–Trinajstić information content (AvgIpc) is 2.68. The van der Waals surface area contributed by atoms with Crippen molar-refractivity contribution in [1.82, 2.24) is 9.88 Å². The summed E-state index contributed by atoms with van der Waals surface area (Å²) in [5.74, 6) is 0.0156. The summed E-state index contributed by atoms with van der Waals surface area (Å²) >= 11 is 0. The Morgan fingerprint density at radius 2 is 1.73 bits per heavy atom. The number of nitrogens with zero attached hydrogens (tertiary/aromatic N) is 3. The molecule has 1 atom stereocenters. The smallest absolute Gasteiger partial charge is 0.252 e. The molecule has 7 heteroatoms. The molecule has 0 radical (unpaired) electrons. The van der Waals surface area contributed by atoms with Crippen molar-refractivity contribution in [3.8, 4) is 0 Å². The molecule has 1 saturated heterocycles. The summed E-state index contributed by atoms with van der Waals surface area (Å²) < 4.78 is 0. The fourth-order valence-corrected chi connectivity index (χ4v) is 3.17. The first-order valence-corrected chi connectivity index (χ1v) is 8.64. The minimum Gasteiger partial charge on any atom is -0.365 e. The largest absolute Gasteiger partial charge is 0.365 e. The molecule has 2 aromatic rings. The lowest BCUT2D eigenvalue weighted by atomic mass is 10.1. The van der Waals surface area contributed by atoms with Gasteiger partial charge in [-0.3, -0.25) is 9.59 Å². The minimum atomic E-state index is -0.556. The SMILES string of the molecule is NC(=O)c1cccnc1N1CCN(C(=O)C(N)Cc2ccccc2)CC1. The van der Waals surface area contributed by atoms with Crippen molar-refractivity contribution >= 4 is 17.6 Å². The van der Waals surface area contributed by atoms with Crippen LogP contribution in [0.4, 0.5) is 5.82 Å². The van der Waals surface area contributed by atoms with E-state index in [4.69, 9.17) is 11.5 Å². The molecule has 1 unspecified atom stereocenters. The normalized spacial score (nSPS) is 15.6. The Hall–Kier alpha value is -2.93. The molecule has 7 nitrogen and oxygen atoms in total. The zero-order valence-corrected chi connectivity index (χ0v) is 14.5. The molecule has 2 heterocycles. The van der Waals surface area contributed by atoms with E-state index in [1.54, 1.807) is 23.2 Å². The number of hydrogen-bond donors (Lipinski definition) is 2. The Bertz CT molecular complexity index is 773. The van der Waals surface area contributed by atoms with E-state index in [1.165, 1.54) is 0 Å². The third-order valence-corrected chi connectivity index (χ3v) is 4.56. The molecule has 4 N–H and O–H groups in total. The Balaban J connectivity index is 1.60. The summed E-state index contributed by atoms with van der Waals surface area (Å²) in [5.41, 5.74) is 13.0. The van der Waals surface area contributed by atoms with Crippen molar-refractivity contribution in [1.29, 1.82) is 0 Å². The maximum absolute atomic E-state index is 12.6. The molecule has 26 heavy (non-hydrogen) atoms. The van der Waals surface area contributed by atoms with Gasteiger partial charge in [0.25, 0.3) is 5.91 Å². The molecule has 1 aromatic heterocycles. The predicted octanol–water partition coefficient (Wildman–Crippen LogP) is 0.399. The lowest BCUT2D eigenvalue weighted by Crippen LogP contribution is -2.54. The molecule has 0 bridgehead atoms. The zero-order chi connectivity index (χ0) is 18.5. The van der Waals surface area contributed by atoms with Gasteiger partial charge in [-0.2, -0.15) is 0 Å². The highest BCUT2D eigenvalue weighted by Crippen LogP contribution is 2.19. The van der Waals surface area contributed by atoms with Crippen LogP contribution < -0.4 is 16.4 Å². The molecule has 1 fully saturated rings. The summed E-state index contributed by atoms with van der Waals surface area (Å²) in [6, 6.07) is 12.6. The van der Waals surface area contributed by atoms with E-state index in [-0.39, 0.29) is 5.91 Å². The number of nitrogens with two attached hydrogens (primary N) is 2. The minimum absolute atomic E-state index is 0.0513. The van der Waals surface area contributed by atoms with Gasteiger partial charge in [-0.15, -0.1) is 0 Å². The fourth-order valence-electron chi connectivity index (χ4n) is 3.17. The maximum Gasteiger partial charge on any atom is 0.252 e. The van der Waals surface area contributed by atoms with E-state index >= 15 is 0 Å². The van der Waals surface area contributed by atoms with Crippen molar-refractivity contribution in [3.63, 3.8) is 0 Å². The van der Waals surface area contributed by atoms with Crippen molar-refractivity contribution in [3.05, 3.63) is 59.8 Å². The molecule has 2 amide bonds. The number of hydrogen-bond acceptors (Lipinski definition) is 5. The van der Waals surface area contributed by atoms with Crippen LogP contribution in [-0.2, 0) is 11.2 Å². The lowest BCUT2D eigenvalue weighted by molar-refractivity contribution is -0.132. The van der Waals surface area contributed by atoms with Gasteiger partial charge in [0, 0.05) is 32.4 Å². The first kappa shape index (κ1) is 17.9. The summed E-state index contributed by atoms with van der Waals surface area (Å²) in [6.07, 6.45) is 2.15. The average molecular weight is 353 g/mol. The summed E-state index contributed by atoms with van der Waals surface area (Å²) in [7, 11) is 0. The van der Waals surface area contributed by atoms with Gasteiger partial charge in [0.1, 0.15) is 5.82 Å². The lowest BCUT2D eigenvalue weighted by Gasteiger charge is -2.37. The zero-order valence-electron chi connectivity index (χ0n) is 14.5. The highest BCUT2D eigenvalue weighted by Gasteiger charge is 2.27. The Morgan fingerprint density at radius 1 is 1.04 bits per heavy atom. The van der Waals surface area contributed by atoms with Gasteiger partial charge >= 0.3 is 0 Å². The summed E-state index contributed by atoms with van der Waals surface area (Å²) in [4.78, 5) is 32.2. The molecule has 0 aliphatic carbocycles. The summed E-state index contributed by atoms with van der Waals surface area (Å²) in [6.45, 7) is 2.24. The molecule has 136 valence electrons. The maximum atomic E-state index is 12.6. The third-order valence-electron chi connectivity index (χ3n) is 4.56. The number of benzene rings is 1. The van der Waals surface area contributed by atoms with Crippen LogP contribution in [0.5, 0.6) is 0 Å². The molecule has 0 saturated carbocycles.